The predicted molar refractivity (Wildman–Crippen MR) is 62.9 cm³/mol. The number of nitrogens with zero attached hydrogens (tertiary/aromatic N) is 3. The van der Waals surface area contributed by atoms with Crippen molar-refractivity contribution in [3.8, 4) is 0 Å². The molecule has 1 aromatic rings. The van der Waals surface area contributed by atoms with Crippen LogP contribution in [0.25, 0.3) is 6.08 Å². The first-order valence-electron chi connectivity index (χ1n) is 5.10. The van der Waals surface area contributed by atoms with E-state index in [1.165, 1.54) is 5.69 Å². The van der Waals surface area contributed by atoms with Crippen molar-refractivity contribution in [3.63, 3.8) is 0 Å². The maximum atomic E-state index is 2.20. The Balaban J connectivity index is 2.09. The second kappa shape index (κ2) is 3.85. The van der Waals surface area contributed by atoms with Gasteiger partial charge in [-0.2, -0.15) is 0 Å². The molecule has 0 amide bonds. The van der Waals surface area contributed by atoms with Gasteiger partial charge in [0.25, 0.3) is 0 Å². The lowest BCUT2D eigenvalue weighted by Crippen LogP contribution is -2.31. The molecular weight excluding hydrogens is 186 g/mol. The zero-order valence-corrected chi connectivity index (χ0v) is 9.46. The summed E-state index contributed by atoms with van der Waals surface area (Å²) in [5.74, 6) is 0. The van der Waals surface area contributed by atoms with Gasteiger partial charge in [0.2, 0.25) is 0 Å². The molecule has 0 saturated carbocycles. The van der Waals surface area contributed by atoms with E-state index in [1.807, 2.05) is 0 Å². The van der Waals surface area contributed by atoms with Crippen LogP contribution in [-0.4, -0.2) is 34.6 Å². The van der Waals surface area contributed by atoms with Crippen LogP contribution in [0.2, 0.25) is 0 Å². The molecule has 2 rings (SSSR count). The summed E-state index contributed by atoms with van der Waals surface area (Å²) in [7, 11) is 6.22. The first-order chi connectivity index (χ1) is 7.18. The summed E-state index contributed by atoms with van der Waals surface area (Å²) in [4.78, 5) is 4.36. The van der Waals surface area contributed by atoms with Crippen LogP contribution in [-0.2, 0) is 7.05 Å². The van der Waals surface area contributed by atoms with E-state index in [4.69, 9.17) is 0 Å². The largest absolute Gasteiger partial charge is 0.356 e. The van der Waals surface area contributed by atoms with E-state index in [2.05, 4.69) is 78.4 Å². The lowest BCUT2D eigenvalue weighted by molar-refractivity contribution is 0.258. The van der Waals surface area contributed by atoms with E-state index in [0.29, 0.717) is 6.17 Å². The van der Waals surface area contributed by atoms with Crippen LogP contribution in [0.5, 0.6) is 0 Å². The summed E-state index contributed by atoms with van der Waals surface area (Å²) >= 11 is 0. The van der Waals surface area contributed by atoms with E-state index < -0.39 is 0 Å². The lowest BCUT2D eigenvalue weighted by Gasteiger charge is -2.24. The predicted octanol–water partition coefficient (Wildman–Crippen LogP) is 1.71. The van der Waals surface area contributed by atoms with Crippen LogP contribution in [0.15, 0.2) is 36.8 Å². The molecular formula is C12H17N3. The Hall–Kier alpha value is -1.64. The number of likely N-dealkylation sites (N-methyl/N-ethyl adjacent to an activating group) is 2. The Morgan fingerprint density at radius 1 is 1.13 bits per heavy atom. The molecule has 2 heterocycles. The third-order valence-electron chi connectivity index (χ3n) is 2.79. The zero-order chi connectivity index (χ0) is 10.8. The summed E-state index contributed by atoms with van der Waals surface area (Å²) < 4.78 is 2.11. The third-order valence-corrected chi connectivity index (χ3v) is 2.79. The Morgan fingerprint density at radius 2 is 1.80 bits per heavy atom. The molecule has 1 aromatic heterocycles. The minimum Gasteiger partial charge on any atom is -0.356 e. The average molecular weight is 203 g/mol. The molecule has 3 heteroatoms. The molecule has 1 aliphatic heterocycles. The number of aryl methyl sites for hydroxylation is 1. The second-order valence-corrected chi connectivity index (χ2v) is 3.95. The molecule has 0 fully saturated rings. The van der Waals surface area contributed by atoms with Gasteiger partial charge in [0.1, 0.15) is 6.17 Å². The zero-order valence-electron chi connectivity index (χ0n) is 9.46. The van der Waals surface area contributed by atoms with Crippen LogP contribution < -0.4 is 0 Å². The van der Waals surface area contributed by atoms with Crippen molar-refractivity contribution in [3.05, 3.63) is 42.5 Å². The van der Waals surface area contributed by atoms with Gasteiger partial charge in [0.05, 0.1) is 0 Å². The van der Waals surface area contributed by atoms with Gasteiger partial charge in [0, 0.05) is 45.4 Å². The number of rotatable bonds is 2. The minimum atomic E-state index is 0.333. The average Bonchev–Trinajstić information content (AvgIpc) is 2.73. The van der Waals surface area contributed by atoms with Gasteiger partial charge >= 0.3 is 0 Å². The van der Waals surface area contributed by atoms with Gasteiger partial charge in [-0.25, -0.2) is 0 Å². The lowest BCUT2D eigenvalue weighted by atomic mass is 10.3. The first kappa shape index (κ1) is 9.90. The monoisotopic (exact) mass is 203 g/mol. The highest BCUT2D eigenvalue weighted by Gasteiger charge is 2.16. The molecule has 0 radical (unpaired) electrons. The molecule has 0 saturated heterocycles. The fraction of sp³-hybridized carbons (Fsp3) is 0.333. The van der Waals surface area contributed by atoms with Gasteiger partial charge in [0.15, 0.2) is 0 Å². The van der Waals surface area contributed by atoms with Crippen LogP contribution in [0.3, 0.4) is 0 Å². The molecule has 0 atom stereocenters. The molecule has 3 nitrogen and oxygen atoms in total. The van der Waals surface area contributed by atoms with Crippen molar-refractivity contribution >= 4 is 6.08 Å². The quantitative estimate of drug-likeness (QED) is 0.725. The minimum absolute atomic E-state index is 0.333. The maximum Gasteiger partial charge on any atom is 0.120 e. The molecule has 0 bridgehead atoms. The highest BCUT2D eigenvalue weighted by Crippen LogP contribution is 2.14. The van der Waals surface area contributed by atoms with Gasteiger partial charge in [-0.05, 0) is 24.3 Å². The summed E-state index contributed by atoms with van der Waals surface area (Å²) in [6.45, 7) is 0. The Bertz CT molecular complexity index is 377. The molecule has 0 aromatic carbocycles. The normalized spacial score (nSPS) is 17.3. The van der Waals surface area contributed by atoms with Gasteiger partial charge < -0.3 is 14.4 Å². The maximum absolute atomic E-state index is 2.20. The van der Waals surface area contributed by atoms with Crippen molar-refractivity contribution in [2.24, 2.45) is 7.05 Å². The van der Waals surface area contributed by atoms with Gasteiger partial charge in [-0.3, -0.25) is 0 Å². The molecule has 1 aliphatic rings. The van der Waals surface area contributed by atoms with E-state index >= 15 is 0 Å². The first-order valence-corrected chi connectivity index (χ1v) is 5.10. The summed E-state index contributed by atoms with van der Waals surface area (Å²) in [5.41, 5.74) is 1.23. The van der Waals surface area contributed by atoms with Crippen LogP contribution >= 0.6 is 0 Å². The Kier molecular flexibility index (Phi) is 2.54. The SMILES string of the molecule is CN1C=CN(C)C1C=Cc1cccn1C. The third kappa shape index (κ3) is 1.91. The molecule has 0 N–H and O–H groups in total. The highest BCUT2D eigenvalue weighted by atomic mass is 15.4. The van der Waals surface area contributed by atoms with E-state index in [1.54, 1.807) is 0 Å². The van der Waals surface area contributed by atoms with Crippen molar-refractivity contribution < 1.29 is 0 Å². The van der Waals surface area contributed by atoms with Crippen molar-refractivity contribution in [2.75, 3.05) is 14.1 Å². The van der Waals surface area contributed by atoms with Crippen molar-refractivity contribution in [2.45, 2.75) is 6.17 Å². The number of hydrogen-bond donors (Lipinski definition) is 0. The smallest absolute Gasteiger partial charge is 0.120 e. The highest BCUT2D eigenvalue weighted by molar-refractivity contribution is 5.46. The van der Waals surface area contributed by atoms with E-state index in [0.717, 1.165) is 0 Å². The van der Waals surface area contributed by atoms with Crippen molar-refractivity contribution in [1.29, 1.82) is 0 Å². The number of hydrogen-bond acceptors (Lipinski definition) is 2. The Morgan fingerprint density at radius 3 is 2.33 bits per heavy atom. The molecule has 0 spiro atoms. The van der Waals surface area contributed by atoms with E-state index in [-0.39, 0.29) is 0 Å². The van der Waals surface area contributed by atoms with Gasteiger partial charge in [-0.1, -0.05) is 0 Å². The van der Waals surface area contributed by atoms with E-state index in [9.17, 15) is 0 Å². The topological polar surface area (TPSA) is 11.4 Å². The Labute approximate surface area is 90.9 Å². The van der Waals surface area contributed by atoms with Gasteiger partial charge in [-0.15, -0.1) is 0 Å². The molecule has 0 aliphatic carbocycles. The number of aromatic nitrogens is 1. The summed E-state index contributed by atoms with van der Waals surface area (Å²) in [6, 6.07) is 4.17. The molecule has 0 unspecified atom stereocenters. The second-order valence-electron chi connectivity index (χ2n) is 3.95. The fourth-order valence-electron chi connectivity index (χ4n) is 1.78. The van der Waals surface area contributed by atoms with Crippen molar-refractivity contribution in [1.82, 2.24) is 14.4 Å². The molecule has 15 heavy (non-hydrogen) atoms. The standard InChI is InChI=1S/C12H17N3/c1-13-8-4-5-11(13)6-7-12-14(2)9-10-15(12)3/h4-10,12H,1-3H3. The summed E-state index contributed by atoms with van der Waals surface area (Å²) in [5, 5.41) is 0. The summed E-state index contributed by atoms with van der Waals surface area (Å²) in [6.07, 6.45) is 10.9. The molecule has 80 valence electrons. The van der Waals surface area contributed by atoms with Crippen LogP contribution in [0.1, 0.15) is 5.69 Å². The van der Waals surface area contributed by atoms with Crippen LogP contribution in [0, 0.1) is 0 Å². The fourth-order valence-corrected chi connectivity index (χ4v) is 1.78. The van der Waals surface area contributed by atoms with Crippen LogP contribution in [0.4, 0.5) is 0 Å².